The summed E-state index contributed by atoms with van der Waals surface area (Å²) in [5.41, 5.74) is 11.5. The number of nitrogens with zero attached hydrogens (tertiary/aromatic N) is 3. The highest BCUT2D eigenvalue weighted by Gasteiger charge is 2.62. The van der Waals surface area contributed by atoms with E-state index in [0.29, 0.717) is 23.5 Å². The zero-order valence-electron chi connectivity index (χ0n) is 30.5. The van der Waals surface area contributed by atoms with E-state index in [1.165, 1.54) is 59.7 Å². The van der Waals surface area contributed by atoms with Crippen molar-refractivity contribution >= 4 is 10.8 Å². The normalized spacial score (nSPS) is 24.6. The predicted molar refractivity (Wildman–Crippen MR) is 215 cm³/mol. The van der Waals surface area contributed by atoms with Gasteiger partial charge in [0.25, 0.3) is 0 Å². The molecule has 53 heavy (non-hydrogen) atoms. The summed E-state index contributed by atoms with van der Waals surface area (Å²) in [6.07, 6.45) is 6.95. The molecule has 5 aliphatic carbocycles. The molecule has 0 N–H and O–H groups in total. The van der Waals surface area contributed by atoms with Crippen molar-refractivity contribution in [2.45, 2.75) is 56.8 Å². The maximum Gasteiger partial charge on any atom is 0.164 e. The predicted octanol–water partition coefficient (Wildman–Crippen LogP) is 12.1. The van der Waals surface area contributed by atoms with Crippen molar-refractivity contribution < 1.29 is 0 Å². The summed E-state index contributed by atoms with van der Waals surface area (Å²) in [4.78, 5) is 15.8. The van der Waals surface area contributed by atoms with Gasteiger partial charge in [-0.15, -0.1) is 0 Å². The van der Waals surface area contributed by atoms with Gasteiger partial charge in [0.2, 0.25) is 0 Å². The lowest BCUT2D eigenvalue weighted by atomic mass is 9.39. The summed E-state index contributed by atoms with van der Waals surface area (Å²) in [7, 11) is 0. The first-order chi connectivity index (χ1) is 26.0. The summed E-state index contributed by atoms with van der Waals surface area (Å²) in [6.45, 7) is 4.87. The minimum Gasteiger partial charge on any atom is -0.208 e. The second kappa shape index (κ2) is 11.5. The van der Waals surface area contributed by atoms with E-state index in [0.717, 1.165) is 39.7 Å². The molecule has 0 aliphatic heterocycles. The highest BCUT2D eigenvalue weighted by atomic mass is 15.0. The lowest BCUT2D eigenvalue weighted by molar-refractivity contribution is -0.0443. The molecule has 0 saturated heterocycles. The van der Waals surface area contributed by atoms with E-state index in [4.69, 9.17) is 15.0 Å². The number of rotatable bonds is 4. The van der Waals surface area contributed by atoms with Gasteiger partial charge in [0, 0.05) is 27.5 Å². The monoisotopic (exact) mass is 685 g/mol. The number of fused-ring (bicyclic) bond motifs is 3. The number of aromatic nitrogens is 3. The van der Waals surface area contributed by atoms with E-state index < -0.39 is 0 Å². The second-order valence-corrected chi connectivity index (χ2v) is 16.8. The summed E-state index contributed by atoms with van der Waals surface area (Å²) in [5, 5.41) is 2.33. The van der Waals surface area contributed by atoms with Gasteiger partial charge in [0.05, 0.1) is 0 Å². The van der Waals surface area contributed by atoms with Crippen LogP contribution in [0.4, 0.5) is 0 Å². The summed E-state index contributed by atoms with van der Waals surface area (Å²) < 4.78 is 0. The Labute approximate surface area is 312 Å². The van der Waals surface area contributed by atoms with Crippen molar-refractivity contribution in [3.63, 3.8) is 0 Å². The standard InChI is InChI=1S/C50H43N3/c1-49(2)42-19-11-12-20-43(42)50(36-26-31-25-32(28-36)29-37(50)27-31)44-24-21-35(30-45(44)49)47-51-46(34-15-7-4-8-16-34)52-48(53-47)41-23-22-38(33-13-5-3-6-14-33)39-17-9-10-18-40(39)41/h3-24,30-32,36-37H,25-29H2,1-2H3. The Bertz CT molecular complexity index is 2520. The van der Waals surface area contributed by atoms with Crippen LogP contribution in [0.5, 0.6) is 0 Å². The van der Waals surface area contributed by atoms with E-state index >= 15 is 0 Å². The highest BCUT2D eigenvalue weighted by Crippen LogP contribution is 2.68. The van der Waals surface area contributed by atoms with Gasteiger partial charge in [-0.05, 0) is 112 Å². The van der Waals surface area contributed by atoms with E-state index in [2.05, 4.69) is 147 Å². The van der Waals surface area contributed by atoms with Gasteiger partial charge in [0.15, 0.2) is 17.5 Å². The molecule has 0 unspecified atom stereocenters. The minimum absolute atomic E-state index is 0.0896. The third-order valence-electron chi connectivity index (χ3n) is 13.8. The fraction of sp³-hybridized carbons (Fsp3) is 0.260. The first-order valence-electron chi connectivity index (χ1n) is 19.6. The topological polar surface area (TPSA) is 38.7 Å². The first-order valence-corrected chi connectivity index (χ1v) is 19.6. The zero-order valence-corrected chi connectivity index (χ0v) is 30.5. The highest BCUT2D eigenvalue weighted by molar-refractivity contribution is 6.04. The van der Waals surface area contributed by atoms with Crippen LogP contribution in [0.2, 0.25) is 0 Å². The van der Waals surface area contributed by atoms with Crippen LogP contribution >= 0.6 is 0 Å². The minimum atomic E-state index is -0.149. The molecule has 258 valence electrons. The smallest absolute Gasteiger partial charge is 0.164 e. The largest absolute Gasteiger partial charge is 0.208 e. The van der Waals surface area contributed by atoms with E-state index in [1.807, 2.05) is 6.07 Å². The average molecular weight is 686 g/mol. The van der Waals surface area contributed by atoms with Crippen LogP contribution in [-0.2, 0) is 10.8 Å². The average Bonchev–Trinajstić information content (AvgIpc) is 3.20. The van der Waals surface area contributed by atoms with Crippen LogP contribution in [-0.4, -0.2) is 15.0 Å². The maximum atomic E-state index is 5.35. The maximum absolute atomic E-state index is 5.35. The van der Waals surface area contributed by atoms with Crippen molar-refractivity contribution in [2.75, 3.05) is 0 Å². The summed E-state index contributed by atoms with van der Waals surface area (Å²) in [6, 6.07) is 50.9. The Morgan fingerprint density at radius 1 is 0.415 bits per heavy atom. The van der Waals surface area contributed by atoms with E-state index in [1.54, 1.807) is 11.1 Å². The quantitative estimate of drug-likeness (QED) is 0.185. The zero-order chi connectivity index (χ0) is 35.3. The van der Waals surface area contributed by atoms with Gasteiger partial charge in [0.1, 0.15) is 0 Å². The molecule has 5 aliphatic rings. The molecule has 1 spiro atoms. The third kappa shape index (κ3) is 4.56. The van der Waals surface area contributed by atoms with Crippen LogP contribution in [0.3, 0.4) is 0 Å². The Balaban J connectivity index is 1.12. The van der Waals surface area contributed by atoms with Crippen molar-refractivity contribution in [1.82, 2.24) is 15.0 Å². The molecule has 3 heteroatoms. The second-order valence-electron chi connectivity index (χ2n) is 16.8. The SMILES string of the molecule is CC1(C)c2ccccc2C2(c3ccc(-c4nc(-c5ccccc5)nc(-c5ccc(-c6ccccc6)c6ccccc56)n4)cc31)C1CC3CC(C1)CC2C3. The Hall–Kier alpha value is -5.41. The van der Waals surface area contributed by atoms with Crippen LogP contribution < -0.4 is 0 Å². The summed E-state index contributed by atoms with van der Waals surface area (Å²) >= 11 is 0. The fourth-order valence-electron chi connectivity index (χ4n) is 11.8. The van der Waals surface area contributed by atoms with Gasteiger partial charge in [-0.1, -0.05) is 141 Å². The summed E-state index contributed by atoms with van der Waals surface area (Å²) in [5.74, 6) is 5.35. The van der Waals surface area contributed by atoms with Crippen LogP contribution in [0.15, 0.2) is 140 Å². The molecular weight excluding hydrogens is 643 g/mol. The fourth-order valence-corrected chi connectivity index (χ4v) is 11.8. The Kier molecular flexibility index (Phi) is 6.78. The first kappa shape index (κ1) is 31.1. The molecule has 0 radical (unpaired) electrons. The molecule has 1 heterocycles. The van der Waals surface area contributed by atoms with Gasteiger partial charge in [-0.3, -0.25) is 0 Å². The van der Waals surface area contributed by atoms with Crippen molar-refractivity contribution in [1.29, 1.82) is 0 Å². The van der Waals surface area contributed by atoms with Gasteiger partial charge in [-0.25, -0.2) is 15.0 Å². The van der Waals surface area contributed by atoms with Crippen LogP contribution in [0.25, 0.3) is 56.1 Å². The lowest BCUT2D eigenvalue weighted by Crippen LogP contribution is -2.58. The van der Waals surface area contributed by atoms with Gasteiger partial charge < -0.3 is 0 Å². The Morgan fingerprint density at radius 2 is 0.925 bits per heavy atom. The molecule has 0 amide bonds. The van der Waals surface area contributed by atoms with Gasteiger partial charge in [-0.2, -0.15) is 0 Å². The molecule has 12 rings (SSSR count). The lowest BCUT2D eigenvalue weighted by Gasteiger charge is -2.64. The molecule has 4 fully saturated rings. The number of hydrogen-bond donors (Lipinski definition) is 0. The molecule has 4 saturated carbocycles. The van der Waals surface area contributed by atoms with Gasteiger partial charge >= 0.3 is 0 Å². The van der Waals surface area contributed by atoms with E-state index in [-0.39, 0.29) is 10.8 Å². The Morgan fingerprint density at radius 3 is 1.60 bits per heavy atom. The molecule has 0 atom stereocenters. The molecule has 7 aromatic rings. The van der Waals surface area contributed by atoms with Crippen molar-refractivity contribution in [3.05, 3.63) is 162 Å². The van der Waals surface area contributed by atoms with Crippen LogP contribution in [0.1, 0.15) is 68.2 Å². The molecule has 4 bridgehead atoms. The number of hydrogen-bond acceptors (Lipinski definition) is 3. The van der Waals surface area contributed by atoms with Crippen molar-refractivity contribution in [2.24, 2.45) is 23.7 Å². The van der Waals surface area contributed by atoms with Crippen LogP contribution in [0, 0.1) is 23.7 Å². The van der Waals surface area contributed by atoms with Crippen molar-refractivity contribution in [3.8, 4) is 45.3 Å². The molecule has 1 aromatic heterocycles. The number of benzene rings is 6. The molecule has 6 aromatic carbocycles. The molecule has 3 nitrogen and oxygen atoms in total. The molecular formula is C50H43N3. The third-order valence-corrected chi connectivity index (χ3v) is 13.8. The van der Waals surface area contributed by atoms with E-state index in [9.17, 15) is 0 Å².